The van der Waals surface area contributed by atoms with Crippen LogP contribution in [0.3, 0.4) is 0 Å². The summed E-state index contributed by atoms with van der Waals surface area (Å²) in [6.07, 6.45) is 0.459. The number of benzene rings is 4. The Labute approximate surface area is 308 Å². The quantitative estimate of drug-likeness (QED) is 0.133. The summed E-state index contributed by atoms with van der Waals surface area (Å²) in [5.74, 6) is 0.112. The van der Waals surface area contributed by atoms with Crippen molar-refractivity contribution in [1.82, 2.24) is 10.2 Å². The number of hydrogen-bond donors (Lipinski definition) is 1. The molecule has 2 aliphatic rings. The lowest BCUT2D eigenvalue weighted by molar-refractivity contribution is -0.118. The smallest absolute Gasteiger partial charge is 0.410 e. The highest BCUT2D eigenvalue weighted by Crippen LogP contribution is 2.35. The van der Waals surface area contributed by atoms with Gasteiger partial charge < -0.3 is 38.8 Å². The summed E-state index contributed by atoms with van der Waals surface area (Å²) in [5.41, 5.74) is 3.90. The first kappa shape index (κ1) is 37.4. The molecule has 0 saturated carbocycles. The molecule has 10 nitrogen and oxygen atoms in total. The van der Waals surface area contributed by atoms with Gasteiger partial charge in [0, 0.05) is 45.0 Å². The van der Waals surface area contributed by atoms with Crippen LogP contribution in [0.1, 0.15) is 42.4 Å². The molecule has 4 aromatic carbocycles. The van der Waals surface area contributed by atoms with E-state index in [1.807, 2.05) is 66.7 Å². The van der Waals surface area contributed by atoms with Crippen molar-refractivity contribution >= 4 is 17.7 Å². The zero-order valence-corrected chi connectivity index (χ0v) is 29.8. The van der Waals surface area contributed by atoms with Gasteiger partial charge in [-0.3, -0.25) is 4.79 Å². The molecule has 2 amide bonds. The summed E-state index contributed by atoms with van der Waals surface area (Å²) in [6.45, 7) is 5.88. The molecule has 2 unspecified atom stereocenters. The largest absolute Gasteiger partial charge is 0.493 e. The number of halogens is 2. The van der Waals surface area contributed by atoms with E-state index < -0.39 is 11.6 Å². The first-order valence-corrected chi connectivity index (χ1v) is 18.0. The van der Waals surface area contributed by atoms with Crippen molar-refractivity contribution in [1.29, 1.82) is 0 Å². The summed E-state index contributed by atoms with van der Waals surface area (Å²) in [7, 11) is 0. The lowest BCUT2D eigenvalue weighted by Gasteiger charge is -2.38. The number of nitrogens with zero attached hydrogens (tertiary/aromatic N) is 2. The second-order valence-corrected chi connectivity index (χ2v) is 13.0. The minimum absolute atomic E-state index is 0.00639. The standard InChI is InChI=1S/C41H45F2N3O7/c1-29(47)44-17-19-45-20-23-51-38-15-8-31(24-37(38)45)28-52-40-26-46(41(48)53-27-30-6-3-2-4-7-30)18-16-35(40)32-9-12-34(13-10-32)49-21-5-22-50-39-25-33(42)11-14-36(39)43/h2-4,6-15,24-25,35,40H,5,16-23,26-28H2,1H3,(H,44,47). The third-order valence-electron chi connectivity index (χ3n) is 9.24. The fourth-order valence-electron chi connectivity index (χ4n) is 6.48. The van der Waals surface area contributed by atoms with Crippen LogP contribution in [0.4, 0.5) is 19.3 Å². The summed E-state index contributed by atoms with van der Waals surface area (Å²) in [5, 5.41) is 2.86. The van der Waals surface area contributed by atoms with Gasteiger partial charge in [0.05, 0.1) is 44.7 Å². The van der Waals surface area contributed by atoms with E-state index in [1.165, 1.54) is 6.92 Å². The predicted octanol–water partition coefficient (Wildman–Crippen LogP) is 6.86. The van der Waals surface area contributed by atoms with E-state index in [4.69, 9.17) is 23.7 Å². The second-order valence-electron chi connectivity index (χ2n) is 13.0. The number of hydrogen-bond acceptors (Lipinski definition) is 8. The molecule has 12 heteroatoms. The normalized spacial score (nSPS) is 16.7. The topological polar surface area (TPSA) is 98.8 Å². The molecule has 1 fully saturated rings. The maximum Gasteiger partial charge on any atom is 0.410 e. The highest BCUT2D eigenvalue weighted by atomic mass is 19.1. The molecule has 0 aromatic heterocycles. The number of ether oxygens (including phenoxy) is 5. The highest BCUT2D eigenvalue weighted by molar-refractivity contribution is 5.73. The van der Waals surface area contributed by atoms with Crippen molar-refractivity contribution in [2.24, 2.45) is 0 Å². The Morgan fingerprint density at radius 2 is 1.70 bits per heavy atom. The van der Waals surface area contributed by atoms with E-state index in [9.17, 15) is 18.4 Å². The Morgan fingerprint density at radius 3 is 2.51 bits per heavy atom. The van der Waals surface area contributed by atoms with Crippen LogP contribution in [0, 0.1) is 11.6 Å². The van der Waals surface area contributed by atoms with E-state index in [0.717, 1.165) is 46.3 Å². The number of piperidine rings is 1. The van der Waals surface area contributed by atoms with Crippen LogP contribution < -0.4 is 24.4 Å². The molecule has 0 radical (unpaired) electrons. The molecule has 2 aliphatic heterocycles. The zero-order valence-electron chi connectivity index (χ0n) is 29.8. The fraction of sp³-hybridized carbons (Fsp3) is 0.366. The van der Waals surface area contributed by atoms with Gasteiger partial charge in [-0.1, -0.05) is 48.5 Å². The number of carbonyl (C=O) groups is 2. The van der Waals surface area contributed by atoms with Crippen molar-refractivity contribution in [2.45, 2.75) is 45.0 Å². The summed E-state index contributed by atoms with van der Waals surface area (Å²) in [6, 6.07) is 26.5. The Kier molecular flexibility index (Phi) is 13.0. The number of amides is 2. The first-order valence-electron chi connectivity index (χ1n) is 18.0. The van der Waals surface area contributed by atoms with Crippen LogP contribution in [0.5, 0.6) is 17.2 Å². The molecule has 53 heavy (non-hydrogen) atoms. The minimum atomic E-state index is -0.612. The van der Waals surface area contributed by atoms with E-state index in [2.05, 4.69) is 16.3 Å². The highest BCUT2D eigenvalue weighted by Gasteiger charge is 2.34. The van der Waals surface area contributed by atoms with Gasteiger partial charge in [-0.2, -0.15) is 0 Å². The Bertz CT molecular complexity index is 1810. The van der Waals surface area contributed by atoms with Crippen molar-refractivity contribution in [2.75, 3.05) is 57.4 Å². The van der Waals surface area contributed by atoms with Gasteiger partial charge in [0.15, 0.2) is 11.6 Å². The summed E-state index contributed by atoms with van der Waals surface area (Å²) in [4.78, 5) is 28.5. The van der Waals surface area contributed by atoms with Crippen LogP contribution in [-0.4, -0.2) is 75.5 Å². The minimum Gasteiger partial charge on any atom is -0.493 e. The molecular weight excluding hydrogens is 684 g/mol. The van der Waals surface area contributed by atoms with Gasteiger partial charge in [-0.25, -0.2) is 13.6 Å². The molecule has 1 saturated heterocycles. The zero-order chi connectivity index (χ0) is 37.0. The number of nitrogens with one attached hydrogen (secondary N) is 1. The molecule has 0 aliphatic carbocycles. The summed E-state index contributed by atoms with van der Waals surface area (Å²) >= 11 is 0. The molecule has 280 valence electrons. The van der Waals surface area contributed by atoms with E-state index in [1.54, 1.807) is 4.90 Å². The fourth-order valence-corrected chi connectivity index (χ4v) is 6.48. The Morgan fingerprint density at radius 1 is 0.887 bits per heavy atom. The third kappa shape index (κ3) is 10.6. The number of likely N-dealkylation sites (tertiary alicyclic amines) is 1. The molecule has 1 N–H and O–H groups in total. The molecule has 4 aromatic rings. The average Bonchev–Trinajstić information content (AvgIpc) is 3.18. The molecule has 0 bridgehead atoms. The van der Waals surface area contributed by atoms with Crippen molar-refractivity contribution in [3.8, 4) is 17.2 Å². The third-order valence-corrected chi connectivity index (χ3v) is 9.24. The van der Waals surface area contributed by atoms with E-state index >= 15 is 0 Å². The number of fused-ring (bicyclic) bond motifs is 1. The molecule has 2 atom stereocenters. The van der Waals surface area contributed by atoms with Gasteiger partial charge >= 0.3 is 6.09 Å². The molecule has 2 heterocycles. The summed E-state index contributed by atoms with van der Waals surface area (Å²) < 4.78 is 56.7. The lowest BCUT2D eigenvalue weighted by atomic mass is 9.87. The van der Waals surface area contributed by atoms with Crippen LogP contribution in [0.25, 0.3) is 0 Å². The average molecular weight is 730 g/mol. The Hall–Kier alpha value is -5.36. The number of anilines is 1. The second kappa shape index (κ2) is 18.4. The maximum atomic E-state index is 13.8. The van der Waals surface area contributed by atoms with Gasteiger partial charge in [0.2, 0.25) is 5.91 Å². The van der Waals surface area contributed by atoms with Crippen LogP contribution in [0.15, 0.2) is 91.0 Å². The van der Waals surface area contributed by atoms with Crippen LogP contribution >= 0.6 is 0 Å². The predicted molar refractivity (Wildman–Crippen MR) is 195 cm³/mol. The van der Waals surface area contributed by atoms with Gasteiger partial charge in [0.25, 0.3) is 0 Å². The van der Waals surface area contributed by atoms with Crippen molar-refractivity contribution in [3.63, 3.8) is 0 Å². The number of rotatable bonds is 15. The lowest BCUT2D eigenvalue weighted by Crippen LogP contribution is -2.47. The SMILES string of the molecule is CC(=O)NCCN1CCOc2ccc(COC3CN(C(=O)OCc4ccccc4)CCC3c3ccc(OCCCOc4cc(F)ccc4F)cc3)cc21. The molecule has 6 rings (SSSR count). The van der Waals surface area contributed by atoms with E-state index in [-0.39, 0.29) is 43.0 Å². The monoisotopic (exact) mass is 729 g/mol. The van der Waals surface area contributed by atoms with Crippen molar-refractivity contribution in [3.05, 3.63) is 119 Å². The van der Waals surface area contributed by atoms with Crippen LogP contribution in [-0.2, 0) is 27.5 Å². The van der Waals surface area contributed by atoms with Crippen molar-refractivity contribution < 1.29 is 42.1 Å². The first-order chi connectivity index (χ1) is 25.8. The Balaban J connectivity index is 1.08. The van der Waals surface area contributed by atoms with Gasteiger partial charge in [0.1, 0.15) is 30.5 Å². The molecular formula is C41H45F2N3O7. The van der Waals surface area contributed by atoms with Gasteiger partial charge in [-0.15, -0.1) is 0 Å². The van der Waals surface area contributed by atoms with Gasteiger partial charge in [-0.05, 0) is 59.5 Å². The van der Waals surface area contributed by atoms with E-state index in [0.29, 0.717) is 71.1 Å². The number of carbonyl (C=O) groups excluding carboxylic acids is 2. The molecule has 0 spiro atoms. The van der Waals surface area contributed by atoms with Crippen LogP contribution in [0.2, 0.25) is 0 Å². The maximum absolute atomic E-state index is 13.8.